The van der Waals surface area contributed by atoms with Gasteiger partial charge in [-0.2, -0.15) is 0 Å². The minimum Gasteiger partial charge on any atom is -0.482 e. The second-order valence-corrected chi connectivity index (χ2v) is 6.74. The quantitative estimate of drug-likeness (QED) is 0.697. The Balaban J connectivity index is 2.24. The lowest BCUT2D eigenvalue weighted by atomic mass is 10.2. The van der Waals surface area contributed by atoms with E-state index in [1.54, 1.807) is 37.2 Å². The molecule has 1 aliphatic heterocycles. The smallest absolute Gasteiger partial charge is 0.414 e. The Morgan fingerprint density at radius 1 is 1.23 bits per heavy atom. The molecule has 0 fully saturated rings. The van der Waals surface area contributed by atoms with Crippen molar-refractivity contribution in [2.75, 3.05) is 58.3 Å². The molecule has 1 heterocycles. The molecule has 0 aliphatic carbocycles. The van der Waals surface area contributed by atoms with Gasteiger partial charge in [0.25, 0.3) is 5.91 Å². The van der Waals surface area contributed by atoms with Gasteiger partial charge in [-0.05, 0) is 32.9 Å². The molecule has 1 aliphatic rings. The second-order valence-electron chi connectivity index (χ2n) is 6.74. The Morgan fingerprint density at radius 2 is 1.88 bits per heavy atom. The lowest BCUT2D eigenvalue weighted by Gasteiger charge is -2.38. The molecule has 7 nitrogen and oxygen atoms in total. The van der Waals surface area contributed by atoms with E-state index in [1.807, 2.05) is 0 Å². The van der Waals surface area contributed by atoms with E-state index in [2.05, 4.69) is 20.8 Å². The number of hydrogen-bond acceptors (Lipinski definition) is 4. The first-order valence-electron chi connectivity index (χ1n) is 9.17. The molecule has 26 heavy (non-hydrogen) atoms. The maximum atomic E-state index is 12.5. The monoisotopic (exact) mass is 364 g/mol. The molecule has 0 saturated carbocycles. The van der Waals surface area contributed by atoms with Crippen molar-refractivity contribution in [2.45, 2.75) is 20.8 Å². The normalized spacial score (nSPS) is 13.9. The lowest BCUT2D eigenvalue weighted by Crippen LogP contribution is -2.53. The average Bonchev–Trinajstić information content (AvgIpc) is 2.64. The Morgan fingerprint density at radius 3 is 2.46 bits per heavy atom. The average molecular weight is 364 g/mol. The maximum Gasteiger partial charge on any atom is 0.414 e. The number of ether oxygens (including phenoxy) is 2. The van der Waals surface area contributed by atoms with Crippen molar-refractivity contribution < 1.29 is 23.5 Å². The van der Waals surface area contributed by atoms with E-state index < -0.39 is 6.09 Å². The minimum absolute atomic E-state index is 0.0359. The van der Waals surface area contributed by atoms with Gasteiger partial charge in [-0.25, -0.2) is 4.79 Å². The van der Waals surface area contributed by atoms with Crippen molar-refractivity contribution in [3.05, 3.63) is 18.2 Å². The molecule has 0 bridgehead atoms. The summed E-state index contributed by atoms with van der Waals surface area (Å²) >= 11 is 0. The number of likely N-dealkylation sites (N-methyl/N-ethyl adjacent to an activating group) is 1. The number of benzene rings is 1. The fourth-order valence-electron chi connectivity index (χ4n) is 3.14. The summed E-state index contributed by atoms with van der Waals surface area (Å²) in [5.41, 5.74) is 0.659. The summed E-state index contributed by atoms with van der Waals surface area (Å²) in [4.78, 5) is 27.4. The summed E-state index contributed by atoms with van der Waals surface area (Å²) in [6.07, 6.45) is -0.460. The third kappa shape index (κ3) is 4.27. The van der Waals surface area contributed by atoms with E-state index in [4.69, 9.17) is 9.47 Å². The third-order valence-electron chi connectivity index (χ3n) is 5.25. The molecule has 7 heteroatoms. The highest BCUT2D eigenvalue weighted by Gasteiger charge is 2.30. The molecule has 1 aromatic rings. The van der Waals surface area contributed by atoms with Crippen molar-refractivity contribution in [1.82, 2.24) is 4.90 Å². The van der Waals surface area contributed by atoms with Crippen LogP contribution in [0.25, 0.3) is 0 Å². The Bertz CT molecular complexity index is 648. The van der Waals surface area contributed by atoms with Crippen LogP contribution in [0, 0.1) is 0 Å². The van der Waals surface area contributed by atoms with Crippen molar-refractivity contribution in [1.29, 1.82) is 0 Å². The van der Waals surface area contributed by atoms with Crippen LogP contribution < -0.4 is 14.4 Å². The van der Waals surface area contributed by atoms with Gasteiger partial charge < -0.3 is 23.8 Å². The van der Waals surface area contributed by atoms with E-state index in [1.165, 1.54) is 4.90 Å². The van der Waals surface area contributed by atoms with Crippen LogP contribution in [0.3, 0.4) is 0 Å². The van der Waals surface area contributed by atoms with Crippen molar-refractivity contribution in [2.24, 2.45) is 0 Å². The molecule has 144 valence electrons. The van der Waals surface area contributed by atoms with Gasteiger partial charge in [0.15, 0.2) is 6.61 Å². The van der Waals surface area contributed by atoms with Gasteiger partial charge in [-0.3, -0.25) is 4.79 Å². The van der Waals surface area contributed by atoms with E-state index in [0.29, 0.717) is 23.7 Å². The van der Waals surface area contributed by atoms with Gasteiger partial charge >= 0.3 is 6.09 Å². The molecule has 0 atom stereocenters. The van der Waals surface area contributed by atoms with Gasteiger partial charge in [0, 0.05) is 20.2 Å². The summed E-state index contributed by atoms with van der Waals surface area (Å²) < 4.78 is 11.8. The molecule has 2 amide bonds. The van der Waals surface area contributed by atoms with Crippen LogP contribution in [-0.4, -0.2) is 74.8 Å². The zero-order valence-electron chi connectivity index (χ0n) is 16.4. The van der Waals surface area contributed by atoms with E-state index in [9.17, 15) is 9.59 Å². The predicted octanol–water partition coefficient (Wildman–Crippen LogP) is 2.35. The number of rotatable bonds is 7. The Kier molecular flexibility index (Phi) is 6.47. The fourth-order valence-corrected chi connectivity index (χ4v) is 3.14. The van der Waals surface area contributed by atoms with Gasteiger partial charge in [0.1, 0.15) is 11.5 Å². The number of hydrogen-bond donors (Lipinski definition) is 0. The molecule has 0 aromatic heterocycles. The maximum absolute atomic E-state index is 12.5. The van der Waals surface area contributed by atoms with Gasteiger partial charge in [0.2, 0.25) is 0 Å². The third-order valence-corrected chi connectivity index (χ3v) is 5.25. The topological polar surface area (TPSA) is 59.1 Å². The highest BCUT2D eigenvalue weighted by molar-refractivity contribution is 5.98. The fraction of sp³-hybridized carbons (Fsp3) is 0.579. The number of quaternary nitrogens is 1. The molecule has 0 unspecified atom stereocenters. The number of amides is 2. The molecule has 1 aromatic carbocycles. The lowest BCUT2D eigenvalue weighted by molar-refractivity contribution is -0.921. The zero-order chi connectivity index (χ0) is 19.3. The Hall–Kier alpha value is -2.28. The zero-order valence-corrected chi connectivity index (χ0v) is 16.4. The molecule has 0 saturated heterocycles. The van der Waals surface area contributed by atoms with Crippen LogP contribution in [0.15, 0.2) is 18.2 Å². The first kappa shape index (κ1) is 20.0. The van der Waals surface area contributed by atoms with Gasteiger partial charge in [-0.1, -0.05) is 0 Å². The molecule has 0 N–H and O–H groups in total. The first-order valence-corrected chi connectivity index (χ1v) is 9.17. The minimum atomic E-state index is -0.460. The number of nitrogens with zero attached hydrogens (tertiary/aromatic N) is 3. The van der Waals surface area contributed by atoms with Crippen molar-refractivity contribution >= 4 is 17.7 Å². The number of carbonyl (C=O) groups is 2. The van der Waals surface area contributed by atoms with E-state index in [0.717, 1.165) is 30.7 Å². The van der Waals surface area contributed by atoms with Crippen LogP contribution in [0.5, 0.6) is 11.5 Å². The number of fused-ring (bicyclic) bond motifs is 1. The van der Waals surface area contributed by atoms with E-state index in [-0.39, 0.29) is 12.5 Å². The van der Waals surface area contributed by atoms with Crippen molar-refractivity contribution in [3.63, 3.8) is 0 Å². The van der Waals surface area contributed by atoms with E-state index >= 15 is 0 Å². The number of anilines is 1. The van der Waals surface area contributed by atoms with Crippen LogP contribution in [0.2, 0.25) is 0 Å². The summed E-state index contributed by atoms with van der Waals surface area (Å²) in [5, 5.41) is 0. The summed E-state index contributed by atoms with van der Waals surface area (Å²) in [5.74, 6) is 0.958. The standard InChI is InChI=1S/C19H30N3O4/c1-6-22(7-2,8-3)12-11-21-16-13-15(26-19(24)20(4)5)9-10-17(16)25-14-18(21)23/h9-10,13H,6-8,11-12,14H2,1-5H3/q+1. The summed E-state index contributed by atoms with van der Waals surface area (Å²) in [6.45, 7) is 11.1. The van der Waals surface area contributed by atoms with Crippen LogP contribution in [-0.2, 0) is 4.79 Å². The summed E-state index contributed by atoms with van der Waals surface area (Å²) in [7, 11) is 3.24. The second kappa shape index (κ2) is 8.40. The number of carbonyl (C=O) groups excluding carboxylic acids is 2. The van der Waals surface area contributed by atoms with Gasteiger partial charge in [-0.15, -0.1) is 0 Å². The van der Waals surface area contributed by atoms with Crippen LogP contribution in [0.4, 0.5) is 10.5 Å². The SMILES string of the molecule is CC[N+](CC)(CC)CCN1C(=O)COc2ccc(OC(=O)N(C)C)cc21. The Labute approximate surface area is 155 Å². The molecule has 2 rings (SSSR count). The highest BCUT2D eigenvalue weighted by Crippen LogP contribution is 2.35. The summed E-state index contributed by atoms with van der Waals surface area (Å²) in [6, 6.07) is 5.12. The van der Waals surface area contributed by atoms with Crippen molar-refractivity contribution in [3.8, 4) is 11.5 Å². The largest absolute Gasteiger partial charge is 0.482 e. The molecular weight excluding hydrogens is 334 g/mol. The van der Waals surface area contributed by atoms with Gasteiger partial charge in [0.05, 0.1) is 38.4 Å². The molecule has 0 radical (unpaired) electrons. The predicted molar refractivity (Wildman–Crippen MR) is 101 cm³/mol. The molecule has 0 spiro atoms. The van der Waals surface area contributed by atoms with Crippen LogP contribution >= 0.6 is 0 Å². The highest BCUT2D eigenvalue weighted by atomic mass is 16.6. The molecular formula is C19H30N3O4+. The first-order chi connectivity index (χ1) is 12.4. The van der Waals surface area contributed by atoms with Crippen LogP contribution in [0.1, 0.15) is 20.8 Å².